The van der Waals surface area contributed by atoms with Gasteiger partial charge in [-0.3, -0.25) is 4.79 Å². The van der Waals surface area contributed by atoms with Crippen molar-refractivity contribution in [1.29, 1.82) is 0 Å². The van der Waals surface area contributed by atoms with Crippen molar-refractivity contribution < 1.29 is 4.79 Å². The fourth-order valence-electron chi connectivity index (χ4n) is 1.65. The molecule has 0 bridgehead atoms. The summed E-state index contributed by atoms with van der Waals surface area (Å²) in [4.78, 5) is 12.7. The molecule has 0 fully saturated rings. The van der Waals surface area contributed by atoms with Gasteiger partial charge in [-0.05, 0) is 41.1 Å². The van der Waals surface area contributed by atoms with Crippen molar-refractivity contribution in [3.05, 3.63) is 19.9 Å². The number of Topliss-reactive ketones (excluding diaryl/α,β-unsaturated/α-hetero) is 1. The van der Waals surface area contributed by atoms with E-state index >= 15 is 0 Å². The Morgan fingerprint density at radius 1 is 1.19 bits per heavy atom. The molecule has 0 aromatic carbocycles. The summed E-state index contributed by atoms with van der Waals surface area (Å²) in [7, 11) is 0. The third-order valence-electron chi connectivity index (χ3n) is 2.61. The van der Waals surface area contributed by atoms with E-state index in [0.717, 1.165) is 17.7 Å². The van der Waals surface area contributed by atoms with Gasteiger partial charge in [0.05, 0.1) is 7.76 Å². The normalized spacial score (nSPS) is 10.6. The van der Waals surface area contributed by atoms with Crippen LogP contribution in [0.4, 0.5) is 0 Å². The number of rotatable bonds is 8. The molecule has 0 unspecified atom stereocenters. The average Bonchev–Trinajstić information content (AvgIpc) is 2.70. The van der Waals surface area contributed by atoms with E-state index in [1.807, 2.05) is 12.1 Å². The van der Waals surface area contributed by atoms with Crippen molar-refractivity contribution in [2.75, 3.05) is 0 Å². The summed E-state index contributed by atoms with van der Waals surface area (Å²) in [6.45, 7) is 2.22. The second-order valence-electron chi connectivity index (χ2n) is 4.04. The van der Waals surface area contributed by atoms with Gasteiger partial charge in [-0.15, -0.1) is 11.3 Å². The molecule has 0 spiro atoms. The molecule has 1 rings (SSSR count). The Bertz CT molecular complexity index is 319. The number of thiophene rings is 1. The van der Waals surface area contributed by atoms with Crippen LogP contribution < -0.4 is 0 Å². The molecule has 90 valence electrons. The van der Waals surface area contributed by atoms with Gasteiger partial charge in [-0.25, -0.2) is 0 Å². The molecule has 1 nitrogen and oxygen atoms in total. The van der Waals surface area contributed by atoms with Crippen LogP contribution in [-0.4, -0.2) is 5.78 Å². The Balaban J connectivity index is 2.11. The molecule has 0 saturated carbocycles. The average molecular weight is 350 g/mol. The summed E-state index contributed by atoms with van der Waals surface area (Å²) >= 11 is 3.87. The summed E-state index contributed by atoms with van der Waals surface area (Å²) in [6, 6.07) is 3.96. The predicted molar refractivity (Wildman–Crippen MR) is 79.4 cm³/mol. The van der Waals surface area contributed by atoms with E-state index < -0.39 is 0 Å². The smallest absolute Gasteiger partial charge is 0.172 e. The number of hydrogen-bond acceptors (Lipinski definition) is 2. The van der Waals surface area contributed by atoms with Crippen molar-refractivity contribution in [2.45, 2.75) is 51.9 Å². The predicted octanol–water partition coefficient (Wildman–Crippen LogP) is 5.29. The van der Waals surface area contributed by atoms with Crippen LogP contribution in [0.2, 0.25) is 0 Å². The number of halogens is 1. The van der Waals surface area contributed by atoms with Crippen LogP contribution >= 0.6 is 33.9 Å². The molecule has 0 N–H and O–H groups in total. The summed E-state index contributed by atoms with van der Waals surface area (Å²) in [5, 5.41) is 0. The lowest BCUT2D eigenvalue weighted by Crippen LogP contribution is -1.95. The fourth-order valence-corrected chi connectivity index (χ4v) is 3.24. The Kier molecular flexibility index (Phi) is 7.28. The monoisotopic (exact) mass is 350 g/mol. The summed E-state index contributed by atoms with van der Waals surface area (Å²) in [5.74, 6) is 0.323. The second kappa shape index (κ2) is 8.23. The van der Waals surface area contributed by atoms with Crippen LogP contribution in [0.15, 0.2) is 12.1 Å². The van der Waals surface area contributed by atoms with Crippen LogP contribution in [-0.2, 0) is 0 Å². The van der Waals surface area contributed by atoms with Gasteiger partial charge in [0.15, 0.2) is 5.78 Å². The topological polar surface area (TPSA) is 17.1 Å². The van der Waals surface area contributed by atoms with Crippen molar-refractivity contribution >= 4 is 39.7 Å². The number of hydrogen-bond donors (Lipinski definition) is 0. The fraction of sp³-hybridized carbons (Fsp3) is 0.615. The van der Waals surface area contributed by atoms with Gasteiger partial charge in [0.25, 0.3) is 0 Å². The molecule has 1 aromatic rings. The molecular formula is C13H19IOS. The minimum Gasteiger partial charge on any atom is -0.293 e. The lowest BCUT2D eigenvalue weighted by Gasteiger charge is -1.99. The largest absolute Gasteiger partial charge is 0.293 e. The van der Waals surface area contributed by atoms with Crippen LogP contribution in [0.1, 0.15) is 61.5 Å². The zero-order valence-electron chi connectivity index (χ0n) is 9.80. The standard InChI is InChI=1S/C13H19IOS/c1-2-3-4-5-6-7-8-11(15)12-9-10-13(14)16-12/h9-10H,2-8H2,1H3. The summed E-state index contributed by atoms with van der Waals surface area (Å²) in [5.41, 5.74) is 0. The maximum absolute atomic E-state index is 11.8. The minimum absolute atomic E-state index is 0.323. The van der Waals surface area contributed by atoms with Gasteiger partial charge >= 0.3 is 0 Å². The zero-order chi connectivity index (χ0) is 11.8. The van der Waals surface area contributed by atoms with Gasteiger partial charge in [0.2, 0.25) is 0 Å². The highest BCUT2D eigenvalue weighted by atomic mass is 127. The van der Waals surface area contributed by atoms with Gasteiger partial charge in [0.1, 0.15) is 0 Å². The summed E-state index contributed by atoms with van der Waals surface area (Å²) in [6.07, 6.45) is 8.20. The lowest BCUT2D eigenvalue weighted by molar-refractivity contribution is 0.0983. The van der Waals surface area contributed by atoms with E-state index in [4.69, 9.17) is 0 Å². The molecule has 0 atom stereocenters. The highest BCUT2D eigenvalue weighted by molar-refractivity contribution is 14.1. The SMILES string of the molecule is CCCCCCCCC(=O)c1ccc(I)s1. The summed E-state index contributed by atoms with van der Waals surface area (Å²) < 4.78 is 1.20. The number of carbonyl (C=O) groups excluding carboxylic acids is 1. The van der Waals surface area contributed by atoms with Crippen LogP contribution in [0, 0.1) is 2.88 Å². The van der Waals surface area contributed by atoms with E-state index in [-0.39, 0.29) is 0 Å². The molecule has 0 aliphatic carbocycles. The quantitative estimate of drug-likeness (QED) is 0.354. The van der Waals surface area contributed by atoms with Crippen molar-refractivity contribution in [2.24, 2.45) is 0 Å². The van der Waals surface area contributed by atoms with Crippen LogP contribution in [0.5, 0.6) is 0 Å². The molecule has 0 saturated heterocycles. The second-order valence-corrected chi connectivity index (χ2v) is 7.02. The first-order chi connectivity index (χ1) is 7.74. The zero-order valence-corrected chi connectivity index (χ0v) is 12.8. The van der Waals surface area contributed by atoms with E-state index in [9.17, 15) is 4.79 Å². The third kappa shape index (κ3) is 5.43. The number of carbonyl (C=O) groups is 1. The Hall–Kier alpha value is 0.1000. The molecule has 0 radical (unpaired) electrons. The molecule has 0 aliphatic heterocycles. The molecule has 1 aromatic heterocycles. The molecule has 0 amide bonds. The first-order valence-corrected chi connectivity index (χ1v) is 7.92. The van der Waals surface area contributed by atoms with Crippen LogP contribution in [0.25, 0.3) is 0 Å². The minimum atomic E-state index is 0.323. The van der Waals surface area contributed by atoms with Crippen molar-refractivity contribution in [3.8, 4) is 0 Å². The van der Waals surface area contributed by atoms with E-state index in [2.05, 4.69) is 29.5 Å². The molecule has 3 heteroatoms. The van der Waals surface area contributed by atoms with Crippen molar-refractivity contribution in [1.82, 2.24) is 0 Å². The lowest BCUT2D eigenvalue weighted by atomic mass is 10.1. The number of unbranched alkanes of at least 4 members (excludes halogenated alkanes) is 5. The van der Waals surface area contributed by atoms with E-state index in [1.165, 1.54) is 35.0 Å². The molecule has 1 heterocycles. The van der Waals surface area contributed by atoms with E-state index in [0.29, 0.717) is 5.78 Å². The molecular weight excluding hydrogens is 331 g/mol. The van der Waals surface area contributed by atoms with Crippen molar-refractivity contribution in [3.63, 3.8) is 0 Å². The first-order valence-electron chi connectivity index (χ1n) is 6.02. The van der Waals surface area contributed by atoms with Gasteiger partial charge in [0, 0.05) is 6.42 Å². The molecule has 16 heavy (non-hydrogen) atoms. The van der Waals surface area contributed by atoms with E-state index in [1.54, 1.807) is 11.3 Å². The van der Waals surface area contributed by atoms with Gasteiger partial charge in [-0.2, -0.15) is 0 Å². The highest BCUT2D eigenvalue weighted by Crippen LogP contribution is 2.20. The first kappa shape index (κ1) is 14.2. The Morgan fingerprint density at radius 3 is 2.50 bits per heavy atom. The Labute approximate surface area is 116 Å². The number of ketones is 1. The van der Waals surface area contributed by atoms with Crippen LogP contribution in [0.3, 0.4) is 0 Å². The third-order valence-corrected chi connectivity index (χ3v) is 4.54. The molecule has 0 aliphatic rings. The maximum atomic E-state index is 11.8. The Morgan fingerprint density at radius 2 is 1.88 bits per heavy atom. The van der Waals surface area contributed by atoms with Gasteiger partial charge in [-0.1, -0.05) is 39.0 Å². The van der Waals surface area contributed by atoms with Gasteiger partial charge < -0.3 is 0 Å². The highest BCUT2D eigenvalue weighted by Gasteiger charge is 2.07. The maximum Gasteiger partial charge on any atom is 0.172 e.